The summed E-state index contributed by atoms with van der Waals surface area (Å²) in [5.41, 5.74) is 1.98. The summed E-state index contributed by atoms with van der Waals surface area (Å²) >= 11 is 0. The molecule has 3 rings (SSSR count). The van der Waals surface area contributed by atoms with E-state index in [1.807, 2.05) is 60.7 Å². The maximum absolute atomic E-state index is 13.0. The van der Waals surface area contributed by atoms with Crippen molar-refractivity contribution in [3.63, 3.8) is 0 Å². The van der Waals surface area contributed by atoms with Gasteiger partial charge in [0.25, 0.3) is 0 Å². The van der Waals surface area contributed by atoms with Crippen LogP contribution in [-0.2, 0) is 19.1 Å². The molecule has 1 heterocycles. The molecule has 0 aliphatic carbocycles. The van der Waals surface area contributed by atoms with Gasteiger partial charge in [-0.3, -0.25) is 14.5 Å². The van der Waals surface area contributed by atoms with E-state index in [4.69, 9.17) is 4.74 Å². The molecular formula is C22H23NO4. The van der Waals surface area contributed by atoms with E-state index >= 15 is 0 Å². The lowest BCUT2D eigenvalue weighted by molar-refractivity contribution is -0.178. The Bertz CT molecular complexity index is 779. The first kappa shape index (κ1) is 18.8. The number of ether oxygens (including phenoxy) is 1. The summed E-state index contributed by atoms with van der Waals surface area (Å²) in [6.45, 7) is 3.57. The molecule has 2 aromatic carbocycles. The molecule has 1 aliphatic rings. The van der Waals surface area contributed by atoms with Crippen molar-refractivity contribution in [2.24, 2.45) is 5.92 Å². The normalized spacial score (nSPS) is 18.9. The van der Waals surface area contributed by atoms with Crippen molar-refractivity contribution < 1.29 is 19.1 Å². The second-order valence-corrected chi connectivity index (χ2v) is 6.67. The van der Waals surface area contributed by atoms with E-state index in [2.05, 4.69) is 0 Å². The molecule has 140 valence electrons. The molecule has 5 heteroatoms. The van der Waals surface area contributed by atoms with Crippen molar-refractivity contribution >= 4 is 17.8 Å². The lowest BCUT2D eigenvalue weighted by atomic mass is 9.84. The van der Waals surface area contributed by atoms with Crippen LogP contribution in [0.15, 0.2) is 60.7 Å². The first-order chi connectivity index (χ1) is 13.0. The second kappa shape index (κ2) is 8.16. The van der Waals surface area contributed by atoms with Gasteiger partial charge in [0.1, 0.15) is 6.04 Å². The zero-order valence-electron chi connectivity index (χ0n) is 15.5. The Labute approximate surface area is 158 Å². The van der Waals surface area contributed by atoms with Crippen LogP contribution in [0.5, 0.6) is 0 Å². The van der Waals surface area contributed by atoms with Crippen LogP contribution < -0.4 is 0 Å². The number of hydrogen-bond acceptors (Lipinski definition) is 4. The lowest BCUT2D eigenvalue weighted by Crippen LogP contribution is -2.65. The number of amides is 2. The number of imide groups is 1. The summed E-state index contributed by atoms with van der Waals surface area (Å²) in [4.78, 5) is 38.5. The molecule has 5 nitrogen and oxygen atoms in total. The molecule has 1 saturated heterocycles. The van der Waals surface area contributed by atoms with Gasteiger partial charge in [-0.05, 0) is 18.1 Å². The highest BCUT2D eigenvalue weighted by Crippen LogP contribution is 2.33. The lowest BCUT2D eigenvalue weighted by Gasteiger charge is -2.42. The molecule has 2 aromatic rings. The predicted octanol–water partition coefficient (Wildman–Crippen LogP) is 3.15. The third-order valence-electron chi connectivity index (χ3n) is 4.96. The minimum Gasteiger partial charge on any atom is -0.464 e. The van der Waals surface area contributed by atoms with Gasteiger partial charge in [-0.2, -0.15) is 0 Å². The van der Waals surface area contributed by atoms with Gasteiger partial charge in [0.05, 0.1) is 12.5 Å². The summed E-state index contributed by atoms with van der Waals surface area (Å²) in [5, 5.41) is 0. The van der Waals surface area contributed by atoms with Crippen LogP contribution in [-0.4, -0.2) is 35.3 Å². The van der Waals surface area contributed by atoms with Crippen molar-refractivity contribution in [2.45, 2.75) is 32.2 Å². The van der Waals surface area contributed by atoms with Gasteiger partial charge in [-0.15, -0.1) is 0 Å². The van der Waals surface area contributed by atoms with E-state index < -0.39 is 17.9 Å². The maximum atomic E-state index is 13.0. The highest BCUT2D eigenvalue weighted by atomic mass is 16.5. The Kier molecular flexibility index (Phi) is 5.69. The third kappa shape index (κ3) is 3.77. The monoisotopic (exact) mass is 365 g/mol. The average Bonchev–Trinajstić information content (AvgIpc) is 2.70. The quantitative estimate of drug-likeness (QED) is 0.583. The van der Waals surface area contributed by atoms with E-state index in [-0.39, 0.29) is 30.8 Å². The first-order valence-electron chi connectivity index (χ1n) is 9.17. The average molecular weight is 365 g/mol. The molecule has 0 N–H and O–H groups in total. The van der Waals surface area contributed by atoms with Gasteiger partial charge in [0.15, 0.2) is 0 Å². The molecule has 2 atom stereocenters. The molecule has 0 spiro atoms. The van der Waals surface area contributed by atoms with Crippen LogP contribution in [0.3, 0.4) is 0 Å². The maximum Gasteiger partial charge on any atom is 0.330 e. The Balaban J connectivity index is 1.84. The van der Waals surface area contributed by atoms with E-state index in [1.165, 1.54) is 0 Å². The van der Waals surface area contributed by atoms with Gasteiger partial charge in [0.2, 0.25) is 11.8 Å². The largest absolute Gasteiger partial charge is 0.464 e. The van der Waals surface area contributed by atoms with Gasteiger partial charge in [0, 0.05) is 12.3 Å². The molecule has 1 aliphatic heterocycles. The molecular weight excluding hydrogens is 342 g/mol. The molecule has 0 radical (unpaired) electrons. The number of β-lactam (4-membered cyclic amide) rings is 1. The van der Waals surface area contributed by atoms with Crippen molar-refractivity contribution in [2.75, 3.05) is 6.61 Å². The number of likely N-dealkylation sites (tertiary alicyclic amines) is 1. The summed E-state index contributed by atoms with van der Waals surface area (Å²) in [6.07, 6.45) is 0.113. The van der Waals surface area contributed by atoms with Crippen LogP contribution in [0.1, 0.15) is 37.3 Å². The van der Waals surface area contributed by atoms with Crippen molar-refractivity contribution in [3.8, 4) is 0 Å². The topological polar surface area (TPSA) is 63.7 Å². The van der Waals surface area contributed by atoms with Crippen LogP contribution in [0.4, 0.5) is 0 Å². The fraction of sp³-hybridized carbons (Fsp3) is 0.318. The fourth-order valence-electron chi connectivity index (χ4n) is 3.52. The first-order valence-corrected chi connectivity index (χ1v) is 9.17. The van der Waals surface area contributed by atoms with E-state index in [0.717, 1.165) is 16.0 Å². The molecule has 0 bridgehead atoms. The molecule has 0 saturated carbocycles. The molecule has 0 unspecified atom stereocenters. The van der Waals surface area contributed by atoms with E-state index in [9.17, 15) is 14.4 Å². The van der Waals surface area contributed by atoms with E-state index in [0.29, 0.717) is 0 Å². The smallest absolute Gasteiger partial charge is 0.330 e. The number of nitrogens with zero attached hydrogens (tertiary/aromatic N) is 1. The molecule has 0 aromatic heterocycles. The number of esters is 1. The molecule has 27 heavy (non-hydrogen) atoms. The Morgan fingerprint density at radius 1 is 1.00 bits per heavy atom. The standard InChI is InChI=1S/C22H23NO4/c1-3-27-22(26)20-15(2)21(25)23(20)19(24)14-18(16-10-6-4-7-11-16)17-12-8-5-9-13-17/h4-13,15,18,20H,3,14H2,1-2H3/t15-,20+/m1/s1. The van der Waals surface area contributed by atoms with Gasteiger partial charge in [-0.1, -0.05) is 67.6 Å². The second-order valence-electron chi connectivity index (χ2n) is 6.67. The van der Waals surface area contributed by atoms with Crippen molar-refractivity contribution in [3.05, 3.63) is 71.8 Å². The number of carbonyl (C=O) groups excluding carboxylic acids is 3. The summed E-state index contributed by atoms with van der Waals surface area (Å²) in [7, 11) is 0. The Morgan fingerprint density at radius 2 is 1.52 bits per heavy atom. The summed E-state index contributed by atoms with van der Waals surface area (Å²) < 4.78 is 5.03. The van der Waals surface area contributed by atoms with Crippen molar-refractivity contribution in [1.82, 2.24) is 4.90 Å². The number of rotatable bonds is 6. The number of benzene rings is 2. The highest BCUT2D eigenvalue weighted by molar-refractivity contribution is 6.08. The highest BCUT2D eigenvalue weighted by Gasteiger charge is 2.52. The fourth-order valence-corrected chi connectivity index (χ4v) is 3.52. The van der Waals surface area contributed by atoms with E-state index in [1.54, 1.807) is 13.8 Å². The predicted molar refractivity (Wildman–Crippen MR) is 101 cm³/mol. The van der Waals surface area contributed by atoms with Crippen LogP contribution in [0, 0.1) is 5.92 Å². The zero-order valence-corrected chi connectivity index (χ0v) is 15.5. The zero-order chi connectivity index (χ0) is 19.4. The van der Waals surface area contributed by atoms with Gasteiger partial charge in [-0.25, -0.2) is 4.79 Å². The summed E-state index contributed by atoms with van der Waals surface area (Å²) in [6, 6.07) is 18.6. The SMILES string of the molecule is CCOC(=O)[C@@H]1[C@@H](C)C(=O)N1C(=O)CC(c1ccccc1)c1ccccc1. The Morgan fingerprint density at radius 3 is 2.00 bits per heavy atom. The molecule has 2 amide bonds. The number of carbonyl (C=O) groups is 3. The van der Waals surface area contributed by atoms with Crippen molar-refractivity contribution in [1.29, 1.82) is 0 Å². The van der Waals surface area contributed by atoms with Crippen LogP contribution in [0.25, 0.3) is 0 Å². The third-order valence-corrected chi connectivity index (χ3v) is 4.96. The summed E-state index contributed by atoms with van der Waals surface area (Å²) in [5.74, 6) is -1.91. The van der Waals surface area contributed by atoms with Crippen LogP contribution in [0.2, 0.25) is 0 Å². The minimum atomic E-state index is -0.822. The van der Waals surface area contributed by atoms with Gasteiger partial charge < -0.3 is 4.74 Å². The van der Waals surface area contributed by atoms with Gasteiger partial charge >= 0.3 is 5.97 Å². The Hall–Kier alpha value is -2.95. The van der Waals surface area contributed by atoms with Crippen LogP contribution >= 0.6 is 0 Å². The minimum absolute atomic E-state index is 0.113. The molecule has 1 fully saturated rings. The number of hydrogen-bond donors (Lipinski definition) is 0.